The van der Waals surface area contributed by atoms with Gasteiger partial charge in [-0.25, -0.2) is 0 Å². The molecule has 0 aliphatic heterocycles. The highest BCUT2D eigenvalue weighted by Crippen LogP contribution is 1.99. The molecule has 0 saturated heterocycles. The minimum absolute atomic E-state index is 0.0474. The van der Waals surface area contributed by atoms with Gasteiger partial charge in [0.2, 0.25) is 0 Å². The van der Waals surface area contributed by atoms with Gasteiger partial charge in [0.15, 0.2) is 0 Å². The first-order valence-corrected chi connectivity index (χ1v) is 4.83. The summed E-state index contributed by atoms with van der Waals surface area (Å²) < 4.78 is 0. The lowest BCUT2D eigenvalue weighted by molar-refractivity contribution is 0.185. The van der Waals surface area contributed by atoms with E-state index < -0.39 is 0 Å². The number of hydrogen-bond donors (Lipinski definition) is 3. The number of nitrogens with two attached hydrogens (primary N) is 1. The van der Waals surface area contributed by atoms with Crippen LogP contribution in [-0.2, 0) is 0 Å². The van der Waals surface area contributed by atoms with Crippen LogP contribution in [0, 0.1) is 0 Å². The Bertz CT molecular complexity index is 96.5. The third-order valence-electron chi connectivity index (χ3n) is 1.79. The van der Waals surface area contributed by atoms with Crippen LogP contribution in [0.3, 0.4) is 0 Å². The molecule has 0 radical (unpaired) electrons. The molecule has 0 spiro atoms. The van der Waals surface area contributed by atoms with Gasteiger partial charge < -0.3 is 10.8 Å². The Balaban J connectivity index is 3.15. The van der Waals surface area contributed by atoms with Crippen LogP contribution in [0.5, 0.6) is 0 Å². The lowest BCUT2D eigenvalue weighted by atomic mass is 10.2. The van der Waals surface area contributed by atoms with E-state index in [1.807, 2.05) is 0 Å². The molecule has 0 fully saturated rings. The second kappa shape index (κ2) is 7.53. The van der Waals surface area contributed by atoms with Crippen LogP contribution in [0.15, 0.2) is 0 Å². The van der Waals surface area contributed by atoms with Gasteiger partial charge in [-0.15, -0.1) is 0 Å². The van der Waals surface area contributed by atoms with Gasteiger partial charge in [0.25, 0.3) is 0 Å². The molecule has 0 aliphatic carbocycles. The average Bonchev–Trinajstić information content (AvgIpc) is 2.01. The largest absolute Gasteiger partial charge is 0.392 e. The van der Waals surface area contributed by atoms with Crippen molar-refractivity contribution in [3.8, 4) is 0 Å². The first kappa shape index (κ1) is 11.9. The molecular weight excluding hydrogens is 152 g/mol. The monoisotopic (exact) mass is 174 g/mol. The molecule has 0 rings (SSSR count). The van der Waals surface area contributed by atoms with Crippen molar-refractivity contribution in [3.05, 3.63) is 0 Å². The Kier molecular flexibility index (Phi) is 7.45. The van der Waals surface area contributed by atoms with Crippen molar-refractivity contribution in [3.63, 3.8) is 0 Å². The summed E-state index contributed by atoms with van der Waals surface area (Å²) in [7, 11) is 0. The molecule has 0 aromatic heterocycles. The third kappa shape index (κ3) is 7.98. The van der Waals surface area contributed by atoms with Crippen molar-refractivity contribution in [2.24, 2.45) is 5.73 Å². The maximum absolute atomic E-state index is 8.95. The van der Waals surface area contributed by atoms with Gasteiger partial charge in [0.1, 0.15) is 0 Å². The van der Waals surface area contributed by atoms with Crippen LogP contribution in [-0.4, -0.2) is 23.9 Å². The Morgan fingerprint density at radius 2 is 2.08 bits per heavy atom. The number of nitrogens with one attached hydrogen (secondary N) is 1. The fourth-order valence-electron chi connectivity index (χ4n) is 1.04. The van der Waals surface area contributed by atoms with Crippen LogP contribution in [0.25, 0.3) is 0 Å². The number of unbranched alkanes of at least 4 members (excludes halogenated alkanes) is 2. The topological polar surface area (TPSA) is 58.3 Å². The molecular formula is C9H22N2O. The molecule has 3 heteroatoms. The normalized spacial score (nSPS) is 16.0. The van der Waals surface area contributed by atoms with Crippen molar-refractivity contribution in [1.82, 2.24) is 5.32 Å². The van der Waals surface area contributed by atoms with Crippen LogP contribution in [0.4, 0.5) is 0 Å². The summed E-state index contributed by atoms with van der Waals surface area (Å²) in [6, 6.07) is 0. The summed E-state index contributed by atoms with van der Waals surface area (Å²) in [5.41, 5.74) is 5.74. The average molecular weight is 174 g/mol. The summed E-state index contributed by atoms with van der Waals surface area (Å²) >= 11 is 0. The lowest BCUT2D eigenvalue weighted by Gasteiger charge is -2.14. The van der Waals surface area contributed by atoms with Crippen LogP contribution >= 0.6 is 0 Å². The fourth-order valence-corrected chi connectivity index (χ4v) is 1.04. The summed E-state index contributed by atoms with van der Waals surface area (Å²) in [4.78, 5) is 0. The molecule has 2 atom stereocenters. The van der Waals surface area contributed by atoms with Gasteiger partial charge in [-0.3, -0.25) is 5.32 Å². The number of aliphatic hydroxyl groups is 1. The smallest absolute Gasteiger partial charge is 0.0637 e. The molecule has 0 aromatic rings. The standard InChI is InChI=1S/C9H22N2O/c1-3-4-5-6-9(10)11-7-8(2)12/h8-9,11-12H,3-7,10H2,1-2H3. The number of hydrogen-bond acceptors (Lipinski definition) is 3. The Morgan fingerprint density at radius 3 is 2.58 bits per heavy atom. The molecule has 3 nitrogen and oxygen atoms in total. The second-order valence-corrected chi connectivity index (χ2v) is 3.36. The number of rotatable bonds is 7. The second-order valence-electron chi connectivity index (χ2n) is 3.36. The molecule has 0 saturated carbocycles. The third-order valence-corrected chi connectivity index (χ3v) is 1.79. The maximum Gasteiger partial charge on any atom is 0.0637 e. The van der Waals surface area contributed by atoms with Crippen molar-refractivity contribution < 1.29 is 5.11 Å². The van der Waals surface area contributed by atoms with Crippen molar-refractivity contribution >= 4 is 0 Å². The Morgan fingerprint density at radius 1 is 1.42 bits per heavy atom. The predicted octanol–water partition coefficient (Wildman–Crippen LogP) is 0.822. The molecule has 0 amide bonds. The van der Waals surface area contributed by atoms with Gasteiger partial charge in [-0.1, -0.05) is 26.2 Å². The van der Waals surface area contributed by atoms with E-state index in [1.54, 1.807) is 6.92 Å². The highest BCUT2D eigenvalue weighted by atomic mass is 16.3. The van der Waals surface area contributed by atoms with E-state index in [2.05, 4.69) is 12.2 Å². The maximum atomic E-state index is 8.95. The SMILES string of the molecule is CCCCCC(N)NCC(C)O. The van der Waals surface area contributed by atoms with E-state index in [9.17, 15) is 0 Å². The molecule has 12 heavy (non-hydrogen) atoms. The highest BCUT2D eigenvalue weighted by Gasteiger charge is 2.01. The predicted molar refractivity (Wildman–Crippen MR) is 51.8 cm³/mol. The van der Waals surface area contributed by atoms with Gasteiger partial charge in [0, 0.05) is 6.54 Å². The fraction of sp³-hybridized carbons (Fsp3) is 1.00. The van der Waals surface area contributed by atoms with Crippen LogP contribution < -0.4 is 11.1 Å². The van der Waals surface area contributed by atoms with E-state index >= 15 is 0 Å². The first-order valence-electron chi connectivity index (χ1n) is 4.83. The minimum Gasteiger partial charge on any atom is -0.392 e. The molecule has 0 heterocycles. The van der Waals surface area contributed by atoms with Crippen LogP contribution in [0.1, 0.15) is 39.5 Å². The zero-order chi connectivity index (χ0) is 9.40. The van der Waals surface area contributed by atoms with E-state index in [-0.39, 0.29) is 12.3 Å². The van der Waals surface area contributed by atoms with Crippen LogP contribution in [0.2, 0.25) is 0 Å². The molecule has 4 N–H and O–H groups in total. The number of aliphatic hydroxyl groups excluding tert-OH is 1. The molecule has 74 valence electrons. The van der Waals surface area contributed by atoms with E-state index in [4.69, 9.17) is 10.8 Å². The Labute approximate surface area is 75.3 Å². The minimum atomic E-state index is -0.303. The molecule has 0 aliphatic rings. The van der Waals surface area contributed by atoms with Gasteiger partial charge in [0.05, 0.1) is 12.3 Å². The van der Waals surface area contributed by atoms with E-state index in [0.29, 0.717) is 6.54 Å². The highest BCUT2D eigenvalue weighted by molar-refractivity contribution is 4.61. The van der Waals surface area contributed by atoms with Gasteiger partial charge in [-0.05, 0) is 13.3 Å². The molecule has 0 aromatic carbocycles. The zero-order valence-corrected chi connectivity index (χ0v) is 8.21. The van der Waals surface area contributed by atoms with Crippen molar-refractivity contribution in [2.45, 2.75) is 51.8 Å². The first-order chi connectivity index (χ1) is 5.66. The summed E-state index contributed by atoms with van der Waals surface area (Å²) in [6.45, 7) is 4.52. The Hall–Kier alpha value is -0.120. The quantitative estimate of drug-likeness (QED) is 0.395. The van der Waals surface area contributed by atoms with Gasteiger partial charge >= 0.3 is 0 Å². The molecule has 0 bridgehead atoms. The summed E-state index contributed by atoms with van der Waals surface area (Å²) in [5.74, 6) is 0. The van der Waals surface area contributed by atoms with Gasteiger partial charge in [-0.2, -0.15) is 0 Å². The summed E-state index contributed by atoms with van der Waals surface area (Å²) in [5, 5.41) is 12.0. The van der Waals surface area contributed by atoms with E-state index in [0.717, 1.165) is 6.42 Å². The summed E-state index contributed by atoms with van der Waals surface area (Å²) in [6.07, 6.45) is 4.38. The molecule has 2 unspecified atom stereocenters. The lowest BCUT2D eigenvalue weighted by Crippen LogP contribution is -2.40. The van der Waals surface area contributed by atoms with Crippen molar-refractivity contribution in [2.75, 3.05) is 6.54 Å². The van der Waals surface area contributed by atoms with E-state index in [1.165, 1.54) is 19.3 Å². The zero-order valence-electron chi connectivity index (χ0n) is 8.21. The van der Waals surface area contributed by atoms with Crippen molar-refractivity contribution in [1.29, 1.82) is 0 Å².